The van der Waals surface area contributed by atoms with E-state index >= 15 is 0 Å². The predicted octanol–water partition coefficient (Wildman–Crippen LogP) is 0.412. The van der Waals surface area contributed by atoms with Crippen LogP contribution in [-0.2, 0) is 8.37 Å². The van der Waals surface area contributed by atoms with E-state index < -0.39 is 10.8 Å². The first-order valence-electron chi connectivity index (χ1n) is 4.20. The Morgan fingerprint density at radius 2 is 1.83 bits per heavy atom. The van der Waals surface area contributed by atoms with Crippen molar-refractivity contribution in [2.45, 2.75) is 6.42 Å². The summed E-state index contributed by atoms with van der Waals surface area (Å²) < 4.78 is 14.1. The Hall–Kier alpha value is 0.190. The van der Waals surface area contributed by atoms with Crippen LogP contribution in [0.5, 0.6) is 0 Å². The quantitative estimate of drug-likeness (QED) is 0.668. The molecular formula is C7H18N2O2S. The molecule has 0 bridgehead atoms. The molecule has 1 heterocycles. The fourth-order valence-corrected chi connectivity index (χ4v) is 3.02. The van der Waals surface area contributed by atoms with Gasteiger partial charge in [0.05, 0.1) is 20.0 Å². The molecule has 0 unspecified atom stereocenters. The zero-order valence-corrected chi connectivity index (χ0v) is 8.58. The zero-order chi connectivity index (χ0) is 8.86. The highest BCUT2D eigenvalue weighted by Gasteiger charge is 2.18. The minimum absolute atomic E-state index is 0.914. The van der Waals surface area contributed by atoms with Gasteiger partial charge in [-0.15, -0.1) is 10.8 Å². The highest BCUT2D eigenvalue weighted by molar-refractivity contribution is 8.24. The molecule has 1 fully saturated rings. The summed E-state index contributed by atoms with van der Waals surface area (Å²) in [5, 5.41) is 3.31. The summed E-state index contributed by atoms with van der Waals surface area (Å²) in [5.41, 5.74) is 0. The van der Waals surface area contributed by atoms with Gasteiger partial charge in [-0.25, -0.2) is 4.72 Å². The van der Waals surface area contributed by atoms with Gasteiger partial charge in [0.15, 0.2) is 0 Å². The third kappa shape index (κ3) is 2.60. The number of rotatable bonds is 2. The van der Waals surface area contributed by atoms with Crippen LogP contribution < -0.4 is 10.0 Å². The normalized spacial score (nSPS) is 27.2. The second kappa shape index (κ2) is 5.04. The standard InChI is InChI=1S/C7H18N2O2S/c1-10-12(11-2)7-3-4-8-5-6-9-12/h8-9H,3-7H2,1-2H3. The summed E-state index contributed by atoms with van der Waals surface area (Å²) in [6.07, 6.45) is 1.10. The van der Waals surface area contributed by atoms with Crippen molar-refractivity contribution in [3.05, 3.63) is 0 Å². The molecule has 0 spiro atoms. The summed E-state index contributed by atoms with van der Waals surface area (Å²) in [4.78, 5) is 0. The van der Waals surface area contributed by atoms with Crippen LogP contribution in [0.1, 0.15) is 6.42 Å². The van der Waals surface area contributed by atoms with Gasteiger partial charge in [0.2, 0.25) is 0 Å². The van der Waals surface area contributed by atoms with Crippen molar-refractivity contribution in [3.8, 4) is 0 Å². The second-order valence-electron chi connectivity index (χ2n) is 2.65. The molecule has 1 rings (SSSR count). The molecule has 2 N–H and O–H groups in total. The van der Waals surface area contributed by atoms with E-state index in [1.54, 1.807) is 14.2 Å². The van der Waals surface area contributed by atoms with E-state index in [1.165, 1.54) is 0 Å². The van der Waals surface area contributed by atoms with Gasteiger partial charge in [-0.05, 0) is 13.0 Å². The van der Waals surface area contributed by atoms with Gasteiger partial charge in [-0.3, -0.25) is 8.37 Å². The first-order valence-corrected chi connectivity index (χ1v) is 5.86. The molecule has 74 valence electrons. The number of hydrogen-bond acceptors (Lipinski definition) is 4. The van der Waals surface area contributed by atoms with Gasteiger partial charge in [0.25, 0.3) is 0 Å². The van der Waals surface area contributed by atoms with Crippen LogP contribution in [0.25, 0.3) is 0 Å². The fourth-order valence-electron chi connectivity index (χ4n) is 1.23. The van der Waals surface area contributed by atoms with Gasteiger partial charge < -0.3 is 5.32 Å². The molecule has 0 atom stereocenters. The molecule has 0 amide bonds. The first kappa shape index (κ1) is 10.3. The molecule has 0 aromatic carbocycles. The van der Waals surface area contributed by atoms with Gasteiger partial charge in [-0.1, -0.05) is 0 Å². The van der Waals surface area contributed by atoms with E-state index in [0.717, 1.165) is 31.8 Å². The van der Waals surface area contributed by atoms with E-state index in [1.807, 2.05) is 0 Å². The van der Waals surface area contributed by atoms with Crippen molar-refractivity contribution in [3.63, 3.8) is 0 Å². The van der Waals surface area contributed by atoms with Gasteiger partial charge in [0, 0.05) is 13.1 Å². The van der Waals surface area contributed by atoms with Crippen molar-refractivity contribution in [2.24, 2.45) is 0 Å². The molecule has 0 radical (unpaired) electrons. The molecule has 4 nitrogen and oxygen atoms in total. The molecule has 5 heteroatoms. The third-order valence-corrected chi connectivity index (χ3v) is 4.48. The highest BCUT2D eigenvalue weighted by atomic mass is 32.3. The third-order valence-electron chi connectivity index (χ3n) is 1.93. The highest BCUT2D eigenvalue weighted by Crippen LogP contribution is 2.44. The van der Waals surface area contributed by atoms with Gasteiger partial charge in [-0.2, -0.15) is 0 Å². The SMILES string of the molecule is COS1(OC)CCCNCCN1. The van der Waals surface area contributed by atoms with Crippen molar-refractivity contribution in [1.82, 2.24) is 10.0 Å². The van der Waals surface area contributed by atoms with E-state index in [0.29, 0.717) is 0 Å². The van der Waals surface area contributed by atoms with E-state index in [2.05, 4.69) is 10.0 Å². The van der Waals surface area contributed by atoms with Crippen molar-refractivity contribution >= 4 is 10.8 Å². The Morgan fingerprint density at radius 1 is 1.08 bits per heavy atom. The Balaban J connectivity index is 2.45. The summed E-state index contributed by atoms with van der Waals surface area (Å²) in [6, 6.07) is 0. The maximum atomic E-state index is 5.39. The molecular weight excluding hydrogens is 176 g/mol. The van der Waals surface area contributed by atoms with Crippen LogP contribution in [0.4, 0.5) is 0 Å². The Morgan fingerprint density at radius 3 is 2.50 bits per heavy atom. The molecule has 0 aliphatic carbocycles. The van der Waals surface area contributed by atoms with E-state index in [-0.39, 0.29) is 0 Å². The lowest BCUT2D eigenvalue weighted by Gasteiger charge is -2.42. The zero-order valence-electron chi connectivity index (χ0n) is 7.76. The lowest BCUT2D eigenvalue weighted by Crippen LogP contribution is -2.36. The smallest absolute Gasteiger partial charge is 0.0620 e. The van der Waals surface area contributed by atoms with E-state index in [4.69, 9.17) is 8.37 Å². The lowest BCUT2D eigenvalue weighted by molar-refractivity contribution is 0.332. The maximum absolute atomic E-state index is 5.39. The largest absolute Gasteiger partial charge is 0.315 e. The average Bonchev–Trinajstić information content (AvgIpc) is 2.06. The summed E-state index contributed by atoms with van der Waals surface area (Å²) in [5.74, 6) is 0.965. The Kier molecular flexibility index (Phi) is 4.31. The fraction of sp³-hybridized carbons (Fsp3) is 1.00. The number of hydrogen-bond donors (Lipinski definition) is 2. The monoisotopic (exact) mass is 194 g/mol. The maximum Gasteiger partial charge on any atom is 0.0620 e. The van der Waals surface area contributed by atoms with Crippen LogP contribution in [0, 0.1) is 0 Å². The Labute approximate surface area is 75.9 Å². The summed E-state index contributed by atoms with van der Waals surface area (Å²) in [6.45, 7) is 2.96. The summed E-state index contributed by atoms with van der Waals surface area (Å²) >= 11 is 0. The average molecular weight is 194 g/mol. The Bertz CT molecular complexity index is 121. The minimum atomic E-state index is -1.42. The molecule has 0 aromatic rings. The molecule has 12 heavy (non-hydrogen) atoms. The molecule has 0 aromatic heterocycles. The topological polar surface area (TPSA) is 42.5 Å². The van der Waals surface area contributed by atoms with Crippen molar-refractivity contribution < 1.29 is 8.37 Å². The second-order valence-corrected chi connectivity index (χ2v) is 5.24. The van der Waals surface area contributed by atoms with Crippen LogP contribution in [0.3, 0.4) is 0 Å². The predicted molar refractivity (Wildman–Crippen MR) is 52.0 cm³/mol. The summed E-state index contributed by atoms with van der Waals surface area (Å²) in [7, 11) is 2.00. The number of nitrogens with one attached hydrogen (secondary N) is 2. The van der Waals surface area contributed by atoms with Crippen LogP contribution in [0.2, 0.25) is 0 Å². The van der Waals surface area contributed by atoms with E-state index in [9.17, 15) is 0 Å². The minimum Gasteiger partial charge on any atom is -0.315 e. The molecule has 1 aliphatic heterocycles. The first-order chi connectivity index (χ1) is 5.83. The van der Waals surface area contributed by atoms with Crippen LogP contribution >= 0.6 is 10.8 Å². The van der Waals surface area contributed by atoms with Crippen molar-refractivity contribution in [1.29, 1.82) is 0 Å². The van der Waals surface area contributed by atoms with Crippen molar-refractivity contribution in [2.75, 3.05) is 39.6 Å². The van der Waals surface area contributed by atoms with Gasteiger partial charge >= 0.3 is 0 Å². The van der Waals surface area contributed by atoms with Crippen LogP contribution in [0.15, 0.2) is 0 Å². The molecule has 0 saturated carbocycles. The lowest BCUT2D eigenvalue weighted by atomic mass is 10.5. The van der Waals surface area contributed by atoms with Crippen LogP contribution in [-0.4, -0.2) is 39.6 Å². The molecule has 1 aliphatic rings. The molecule has 1 saturated heterocycles. The van der Waals surface area contributed by atoms with Gasteiger partial charge in [0.1, 0.15) is 0 Å².